The predicted octanol–water partition coefficient (Wildman–Crippen LogP) is 2.98. The van der Waals surface area contributed by atoms with Gasteiger partial charge in [0.15, 0.2) is 0 Å². The minimum absolute atomic E-state index is 0.0852. The van der Waals surface area contributed by atoms with Crippen molar-refractivity contribution in [2.45, 2.75) is 12.5 Å². The van der Waals surface area contributed by atoms with Crippen LogP contribution in [-0.4, -0.2) is 11.9 Å². The molecule has 0 unspecified atom stereocenters. The molecule has 0 saturated carbocycles. The molecule has 23 heavy (non-hydrogen) atoms. The van der Waals surface area contributed by atoms with Crippen molar-refractivity contribution >= 4 is 29.2 Å². The average molecular weight is 327 g/mol. The van der Waals surface area contributed by atoms with Crippen LogP contribution in [0.2, 0.25) is 5.02 Å². The number of benzene rings is 2. The van der Waals surface area contributed by atoms with Crippen LogP contribution < -0.4 is 10.0 Å². The van der Waals surface area contributed by atoms with E-state index in [1.807, 2.05) is 0 Å². The molecule has 1 heterocycles. The first-order chi connectivity index (χ1) is 11.0. The molecule has 1 atom stereocenters. The van der Waals surface area contributed by atoms with Crippen molar-refractivity contribution in [3.05, 3.63) is 76.8 Å². The van der Waals surface area contributed by atoms with E-state index in [0.29, 0.717) is 22.7 Å². The molecule has 0 aliphatic carbocycles. The van der Waals surface area contributed by atoms with Gasteiger partial charge in [0.2, 0.25) is 0 Å². The van der Waals surface area contributed by atoms with E-state index < -0.39 is 5.97 Å². The van der Waals surface area contributed by atoms with Crippen LogP contribution in [0.25, 0.3) is 0 Å². The molecule has 2 aromatic carbocycles. The van der Waals surface area contributed by atoms with Gasteiger partial charge < -0.3 is 14.8 Å². The normalized spacial score (nSPS) is 16.3. The van der Waals surface area contributed by atoms with Crippen molar-refractivity contribution in [3.63, 3.8) is 0 Å². The second-order valence-electron chi connectivity index (χ2n) is 5.25. The number of carbonyl (C=O) groups is 2. The number of carboxylic acid groups (broad SMARTS) is 1. The molecule has 0 N–H and O–H groups in total. The van der Waals surface area contributed by atoms with Crippen LogP contribution in [0.4, 0.5) is 5.69 Å². The van der Waals surface area contributed by atoms with Gasteiger partial charge in [-0.3, -0.25) is 4.79 Å². The van der Waals surface area contributed by atoms with E-state index in [4.69, 9.17) is 11.6 Å². The van der Waals surface area contributed by atoms with Crippen LogP contribution in [0.3, 0.4) is 0 Å². The summed E-state index contributed by atoms with van der Waals surface area (Å²) in [6, 6.07) is 11.3. The smallest absolute Gasteiger partial charge is 0.259 e. The zero-order valence-corrected chi connectivity index (χ0v) is 12.9. The lowest BCUT2D eigenvalue weighted by Crippen LogP contribution is -2.29. The standard InChI is InChI=1S/C18H14ClNO3/c1-2-4-15-13-5-3-6-14(18(22)23)16(13)17(21)20(15)12-9-7-11(19)8-10-12/h2-3,5-10,15H,1,4H2,(H,22,23)/p-1/t15-/m1/s1. The summed E-state index contributed by atoms with van der Waals surface area (Å²) >= 11 is 5.90. The van der Waals surface area contributed by atoms with Crippen LogP contribution in [0.5, 0.6) is 0 Å². The molecule has 116 valence electrons. The molecular weight excluding hydrogens is 314 g/mol. The van der Waals surface area contributed by atoms with E-state index in [9.17, 15) is 14.7 Å². The van der Waals surface area contributed by atoms with Crippen molar-refractivity contribution in [2.24, 2.45) is 0 Å². The summed E-state index contributed by atoms with van der Waals surface area (Å²) in [5, 5.41) is 11.9. The van der Waals surface area contributed by atoms with Gasteiger partial charge in [-0.25, -0.2) is 0 Å². The molecule has 3 rings (SSSR count). The van der Waals surface area contributed by atoms with Crippen molar-refractivity contribution in [1.29, 1.82) is 0 Å². The minimum atomic E-state index is -1.36. The highest BCUT2D eigenvalue weighted by molar-refractivity contribution is 6.30. The molecule has 0 bridgehead atoms. The van der Waals surface area contributed by atoms with E-state index in [0.717, 1.165) is 0 Å². The molecule has 0 radical (unpaired) electrons. The lowest BCUT2D eigenvalue weighted by atomic mass is 9.98. The Hall–Kier alpha value is -2.59. The van der Waals surface area contributed by atoms with Gasteiger partial charge in [-0.1, -0.05) is 35.9 Å². The lowest BCUT2D eigenvalue weighted by Gasteiger charge is -2.24. The first kappa shape index (κ1) is 15.3. The maximum absolute atomic E-state index is 12.9. The third kappa shape index (κ3) is 2.51. The van der Waals surface area contributed by atoms with Crippen molar-refractivity contribution < 1.29 is 14.7 Å². The van der Waals surface area contributed by atoms with Crippen molar-refractivity contribution in [1.82, 2.24) is 0 Å². The third-order valence-electron chi connectivity index (χ3n) is 3.91. The highest BCUT2D eigenvalue weighted by Gasteiger charge is 2.38. The zero-order valence-electron chi connectivity index (χ0n) is 12.2. The number of anilines is 1. The van der Waals surface area contributed by atoms with Crippen LogP contribution in [0.1, 0.15) is 38.7 Å². The van der Waals surface area contributed by atoms with Crippen LogP contribution in [-0.2, 0) is 0 Å². The molecular formula is C18H13ClNO3-. The third-order valence-corrected chi connectivity index (χ3v) is 4.17. The highest BCUT2D eigenvalue weighted by atomic mass is 35.5. The number of nitrogens with zero attached hydrogens (tertiary/aromatic N) is 1. The summed E-state index contributed by atoms with van der Waals surface area (Å²) in [5.74, 6) is -1.71. The number of rotatable bonds is 4. The largest absolute Gasteiger partial charge is 0.545 e. The van der Waals surface area contributed by atoms with E-state index in [2.05, 4.69) is 6.58 Å². The molecule has 0 spiro atoms. The number of carboxylic acids is 1. The van der Waals surface area contributed by atoms with Gasteiger partial charge in [-0.05, 0) is 36.2 Å². The Morgan fingerprint density at radius 1 is 1.26 bits per heavy atom. The Balaban J connectivity index is 2.17. The molecule has 2 aromatic rings. The molecule has 0 saturated heterocycles. The number of fused-ring (bicyclic) bond motifs is 1. The van der Waals surface area contributed by atoms with Gasteiger partial charge in [0.05, 0.1) is 17.6 Å². The fourth-order valence-electron chi connectivity index (χ4n) is 2.95. The van der Waals surface area contributed by atoms with Crippen LogP contribution in [0.15, 0.2) is 55.1 Å². The summed E-state index contributed by atoms with van der Waals surface area (Å²) in [4.78, 5) is 25.8. The van der Waals surface area contributed by atoms with E-state index >= 15 is 0 Å². The van der Waals surface area contributed by atoms with Crippen LogP contribution >= 0.6 is 11.6 Å². The lowest BCUT2D eigenvalue weighted by molar-refractivity contribution is -0.255. The van der Waals surface area contributed by atoms with Gasteiger partial charge in [0.25, 0.3) is 5.91 Å². The second kappa shape index (κ2) is 5.89. The molecule has 0 fully saturated rings. The van der Waals surface area contributed by atoms with E-state index in [1.165, 1.54) is 6.07 Å². The Labute approximate surface area is 138 Å². The quantitative estimate of drug-likeness (QED) is 0.811. The minimum Gasteiger partial charge on any atom is -0.545 e. The number of amides is 1. The summed E-state index contributed by atoms with van der Waals surface area (Å²) in [6.45, 7) is 3.73. The molecule has 1 amide bonds. The first-order valence-corrected chi connectivity index (χ1v) is 7.46. The molecule has 5 heteroatoms. The van der Waals surface area contributed by atoms with Gasteiger partial charge in [0, 0.05) is 16.3 Å². The van der Waals surface area contributed by atoms with E-state index in [1.54, 1.807) is 47.4 Å². The highest BCUT2D eigenvalue weighted by Crippen LogP contribution is 2.41. The maximum Gasteiger partial charge on any atom is 0.259 e. The predicted molar refractivity (Wildman–Crippen MR) is 86.6 cm³/mol. The molecule has 1 aliphatic heterocycles. The molecule has 0 aromatic heterocycles. The number of carbonyl (C=O) groups excluding carboxylic acids is 2. The Bertz CT molecular complexity index is 798. The number of hydrogen-bond donors (Lipinski definition) is 0. The summed E-state index contributed by atoms with van der Waals surface area (Å²) in [5.41, 5.74) is 1.44. The topological polar surface area (TPSA) is 60.4 Å². The maximum atomic E-state index is 12.9. The van der Waals surface area contributed by atoms with Gasteiger partial charge >= 0.3 is 0 Å². The Morgan fingerprint density at radius 2 is 1.96 bits per heavy atom. The second-order valence-corrected chi connectivity index (χ2v) is 5.69. The first-order valence-electron chi connectivity index (χ1n) is 7.09. The monoisotopic (exact) mass is 326 g/mol. The molecule has 1 aliphatic rings. The zero-order chi connectivity index (χ0) is 16.6. The number of hydrogen-bond acceptors (Lipinski definition) is 3. The van der Waals surface area contributed by atoms with Crippen LogP contribution in [0, 0.1) is 0 Å². The fourth-order valence-corrected chi connectivity index (χ4v) is 3.07. The number of aromatic carboxylic acids is 1. The van der Waals surface area contributed by atoms with Crippen molar-refractivity contribution in [3.8, 4) is 0 Å². The summed E-state index contributed by atoms with van der Waals surface area (Å²) in [7, 11) is 0. The van der Waals surface area contributed by atoms with E-state index in [-0.39, 0.29) is 23.1 Å². The SMILES string of the molecule is C=CC[C@@H]1c2cccc(C(=O)[O-])c2C(=O)N1c1ccc(Cl)cc1. The molecule has 4 nitrogen and oxygen atoms in total. The number of halogens is 1. The van der Waals surface area contributed by atoms with Gasteiger partial charge in [-0.2, -0.15) is 0 Å². The summed E-state index contributed by atoms with van der Waals surface area (Å²) in [6.07, 6.45) is 2.22. The van der Waals surface area contributed by atoms with Gasteiger partial charge in [-0.15, -0.1) is 6.58 Å². The average Bonchev–Trinajstić information content (AvgIpc) is 2.81. The Kier molecular flexibility index (Phi) is 3.92. The van der Waals surface area contributed by atoms with Gasteiger partial charge in [0.1, 0.15) is 0 Å². The Morgan fingerprint density at radius 3 is 2.57 bits per heavy atom. The summed E-state index contributed by atoms with van der Waals surface area (Å²) < 4.78 is 0. The van der Waals surface area contributed by atoms with Crippen molar-refractivity contribution in [2.75, 3.05) is 4.90 Å². The fraction of sp³-hybridized carbons (Fsp3) is 0.111.